The average molecular weight is 366 g/mol. The zero-order chi connectivity index (χ0) is 16.2. The maximum absolute atomic E-state index is 12.3. The molecule has 2 N–H and O–H groups in total. The van der Waals surface area contributed by atoms with Crippen LogP contribution < -0.4 is 10.6 Å². The van der Waals surface area contributed by atoms with Crippen LogP contribution in [-0.2, 0) is 0 Å². The molecule has 2 aromatic rings. The van der Waals surface area contributed by atoms with Gasteiger partial charge in [-0.05, 0) is 62.1 Å². The van der Waals surface area contributed by atoms with Crippen LogP contribution in [0.15, 0.2) is 36.4 Å². The molecule has 1 atom stereocenters. The molecule has 1 aliphatic heterocycles. The van der Waals surface area contributed by atoms with Gasteiger partial charge < -0.3 is 10.6 Å². The zero-order valence-corrected chi connectivity index (χ0v) is 15.1. The second kappa shape index (κ2) is 8.47. The molecule has 0 radical (unpaired) electrons. The predicted molar refractivity (Wildman–Crippen MR) is 100 cm³/mol. The maximum Gasteiger partial charge on any atom is 0.255 e. The Morgan fingerprint density at radius 2 is 2.04 bits per heavy atom. The molecule has 3 rings (SSSR count). The molecule has 1 amide bonds. The van der Waals surface area contributed by atoms with Crippen molar-refractivity contribution in [2.75, 3.05) is 18.4 Å². The van der Waals surface area contributed by atoms with Crippen LogP contribution in [0.1, 0.15) is 40.4 Å². The molecule has 0 aliphatic carbocycles. The van der Waals surface area contributed by atoms with Gasteiger partial charge in [0.05, 0.1) is 0 Å². The molecule has 24 heavy (non-hydrogen) atoms. The number of amides is 1. The lowest BCUT2D eigenvalue weighted by molar-refractivity contribution is 0.102. The maximum atomic E-state index is 12.3. The predicted octanol–water partition coefficient (Wildman–Crippen LogP) is 4.18. The molecule has 1 saturated heterocycles. The van der Waals surface area contributed by atoms with Gasteiger partial charge in [0.2, 0.25) is 0 Å². The van der Waals surface area contributed by atoms with Crippen molar-refractivity contribution in [3.05, 3.63) is 58.4 Å². The van der Waals surface area contributed by atoms with Crippen LogP contribution in [0.25, 0.3) is 0 Å². The summed E-state index contributed by atoms with van der Waals surface area (Å²) in [6.45, 7) is 3.95. The van der Waals surface area contributed by atoms with E-state index in [2.05, 4.69) is 27.8 Å². The summed E-state index contributed by atoms with van der Waals surface area (Å²) in [7, 11) is 0. The number of benzene rings is 1. The second-order valence-corrected chi connectivity index (χ2v) is 6.33. The summed E-state index contributed by atoms with van der Waals surface area (Å²) >= 11 is 5.91. The minimum atomic E-state index is -0.176. The Labute approximate surface area is 153 Å². The molecule has 1 aliphatic rings. The Balaban J connectivity index is 0.00000208. The lowest BCUT2D eigenvalue weighted by atomic mass is 9.91. The van der Waals surface area contributed by atoms with Gasteiger partial charge in [0.15, 0.2) is 0 Å². The van der Waals surface area contributed by atoms with E-state index in [0.717, 1.165) is 24.5 Å². The minimum Gasteiger partial charge on any atom is -0.322 e. The van der Waals surface area contributed by atoms with Crippen molar-refractivity contribution in [3.8, 4) is 0 Å². The average Bonchev–Trinajstić information content (AvgIpc) is 2.55. The summed E-state index contributed by atoms with van der Waals surface area (Å²) in [4.78, 5) is 16.4. The van der Waals surface area contributed by atoms with Crippen LogP contribution >= 0.6 is 24.0 Å². The highest BCUT2D eigenvalue weighted by molar-refractivity contribution is 6.29. The van der Waals surface area contributed by atoms with Gasteiger partial charge in [0, 0.05) is 23.5 Å². The number of anilines is 1. The Morgan fingerprint density at radius 1 is 1.29 bits per heavy atom. The summed E-state index contributed by atoms with van der Waals surface area (Å²) in [5.41, 5.74) is 3.34. The Morgan fingerprint density at radius 3 is 2.67 bits per heavy atom. The van der Waals surface area contributed by atoms with Gasteiger partial charge in [-0.3, -0.25) is 4.79 Å². The number of pyridine rings is 1. The number of nitrogens with zero attached hydrogens (tertiary/aromatic N) is 1. The Bertz CT molecular complexity index is 678. The number of aryl methyl sites for hydroxylation is 1. The number of carbonyl (C=O) groups excluding carboxylic acids is 1. The molecule has 1 fully saturated rings. The SMILES string of the molecule is Cc1cc(C(=O)Nc2ccc([C@@H]3CCCNC3)cc2)cc(Cl)n1.Cl. The first-order valence-corrected chi connectivity index (χ1v) is 8.26. The van der Waals surface area contributed by atoms with Crippen molar-refractivity contribution in [2.45, 2.75) is 25.7 Å². The lowest BCUT2D eigenvalue weighted by Gasteiger charge is -2.23. The van der Waals surface area contributed by atoms with E-state index in [4.69, 9.17) is 11.6 Å². The molecular weight excluding hydrogens is 345 g/mol. The summed E-state index contributed by atoms with van der Waals surface area (Å²) in [6, 6.07) is 11.4. The molecule has 2 heterocycles. The number of halogens is 2. The molecule has 1 aromatic heterocycles. The Hall–Kier alpha value is -1.62. The summed E-state index contributed by atoms with van der Waals surface area (Å²) in [5, 5.41) is 6.65. The Kier molecular flexibility index (Phi) is 6.60. The number of aromatic nitrogens is 1. The molecule has 128 valence electrons. The van der Waals surface area contributed by atoms with E-state index in [-0.39, 0.29) is 18.3 Å². The van der Waals surface area contributed by atoms with Gasteiger partial charge >= 0.3 is 0 Å². The van der Waals surface area contributed by atoms with E-state index in [9.17, 15) is 4.79 Å². The fourth-order valence-corrected chi connectivity index (χ4v) is 3.19. The molecule has 6 heteroatoms. The van der Waals surface area contributed by atoms with Gasteiger partial charge in [-0.1, -0.05) is 23.7 Å². The van der Waals surface area contributed by atoms with Gasteiger partial charge in [0.1, 0.15) is 5.15 Å². The first-order valence-electron chi connectivity index (χ1n) is 7.88. The van der Waals surface area contributed by atoms with Crippen LogP contribution in [0.2, 0.25) is 5.15 Å². The van der Waals surface area contributed by atoms with Gasteiger partial charge in [0.25, 0.3) is 5.91 Å². The first kappa shape index (κ1) is 18.7. The van der Waals surface area contributed by atoms with Crippen LogP contribution in [0.3, 0.4) is 0 Å². The number of hydrogen-bond donors (Lipinski definition) is 2. The van der Waals surface area contributed by atoms with E-state index < -0.39 is 0 Å². The highest BCUT2D eigenvalue weighted by Crippen LogP contribution is 2.24. The number of hydrogen-bond acceptors (Lipinski definition) is 3. The summed E-state index contributed by atoms with van der Waals surface area (Å²) in [6.07, 6.45) is 2.43. The van der Waals surface area contributed by atoms with Crippen LogP contribution in [0.4, 0.5) is 5.69 Å². The van der Waals surface area contributed by atoms with Crippen LogP contribution in [-0.4, -0.2) is 24.0 Å². The lowest BCUT2D eigenvalue weighted by Crippen LogP contribution is -2.28. The molecular formula is C18H21Cl2N3O. The van der Waals surface area contributed by atoms with Crippen LogP contribution in [0, 0.1) is 6.92 Å². The van der Waals surface area contributed by atoms with Crippen molar-refractivity contribution >= 4 is 35.6 Å². The smallest absolute Gasteiger partial charge is 0.255 e. The molecule has 4 nitrogen and oxygen atoms in total. The van der Waals surface area contributed by atoms with E-state index in [1.807, 2.05) is 19.1 Å². The molecule has 0 saturated carbocycles. The minimum absolute atomic E-state index is 0. The molecule has 0 spiro atoms. The second-order valence-electron chi connectivity index (χ2n) is 5.94. The normalized spacial score (nSPS) is 17.0. The van der Waals surface area contributed by atoms with Crippen molar-refractivity contribution < 1.29 is 4.79 Å². The van der Waals surface area contributed by atoms with E-state index in [1.54, 1.807) is 12.1 Å². The first-order chi connectivity index (χ1) is 11.1. The highest BCUT2D eigenvalue weighted by atomic mass is 35.5. The fraction of sp³-hybridized carbons (Fsp3) is 0.333. The van der Waals surface area contributed by atoms with Crippen molar-refractivity contribution in [2.24, 2.45) is 0 Å². The topological polar surface area (TPSA) is 54.0 Å². The highest BCUT2D eigenvalue weighted by Gasteiger charge is 2.15. The fourth-order valence-electron chi connectivity index (χ4n) is 2.94. The van der Waals surface area contributed by atoms with Crippen molar-refractivity contribution in [1.29, 1.82) is 0 Å². The van der Waals surface area contributed by atoms with E-state index in [0.29, 0.717) is 16.6 Å². The van der Waals surface area contributed by atoms with Gasteiger partial charge in [-0.15, -0.1) is 12.4 Å². The molecule has 1 aromatic carbocycles. The molecule has 0 bridgehead atoms. The van der Waals surface area contributed by atoms with Crippen LogP contribution in [0.5, 0.6) is 0 Å². The van der Waals surface area contributed by atoms with Gasteiger partial charge in [-0.25, -0.2) is 4.98 Å². The third-order valence-electron chi connectivity index (χ3n) is 4.12. The third-order valence-corrected chi connectivity index (χ3v) is 4.31. The van der Waals surface area contributed by atoms with E-state index >= 15 is 0 Å². The number of rotatable bonds is 3. The van der Waals surface area contributed by atoms with Gasteiger partial charge in [-0.2, -0.15) is 0 Å². The number of piperidine rings is 1. The number of nitrogens with one attached hydrogen (secondary N) is 2. The summed E-state index contributed by atoms with van der Waals surface area (Å²) < 4.78 is 0. The molecule has 0 unspecified atom stereocenters. The monoisotopic (exact) mass is 365 g/mol. The standard InChI is InChI=1S/C18H20ClN3O.ClH/c1-12-9-15(10-17(19)21-12)18(23)22-16-6-4-13(5-7-16)14-3-2-8-20-11-14;/h4-7,9-10,14,20H,2-3,8,11H2,1H3,(H,22,23);1H/t14-;/m1./s1. The van der Waals surface area contributed by atoms with Crippen molar-refractivity contribution in [3.63, 3.8) is 0 Å². The number of carbonyl (C=O) groups is 1. The largest absolute Gasteiger partial charge is 0.322 e. The summed E-state index contributed by atoms with van der Waals surface area (Å²) in [5.74, 6) is 0.389. The van der Waals surface area contributed by atoms with E-state index in [1.165, 1.54) is 18.4 Å². The zero-order valence-electron chi connectivity index (χ0n) is 13.5. The van der Waals surface area contributed by atoms with Crippen molar-refractivity contribution in [1.82, 2.24) is 10.3 Å². The third kappa shape index (κ3) is 4.69. The quantitative estimate of drug-likeness (QED) is 0.801.